The van der Waals surface area contributed by atoms with Gasteiger partial charge >= 0.3 is 6.03 Å². The van der Waals surface area contributed by atoms with Gasteiger partial charge in [-0.3, -0.25) is 10.3 Å². The largest absolute Gasteiger partial charge is 0.337 e. The molecule has 3 rings (SSSR count). The Morgan fingerprint density at radius 2 is 1.71 bits per heavy atom. The number of para-hydroxylation sites is 1. The minimum Gasteiger partial charge on any atom is -0.289 e. The lowest BCUT2D eigenvalue weighted by molar-refractivity contribution is 0.244. The molecule has 0 unspecified atom stereocenters. The molecule has 28 heavy (non-hydrogen) atoms. The molecule has 0 saturated heterocycles. The van der Waals surface area contributed by atoms with E-state index >= 15 is 0 Å². The van der Waals surface area contributed by atoms with Crippen LogP contribution in [-0.4, -0.2) is 14.4 Å². The molecule has 2 aromatic carbocycles. The van der Waals surface area contributed by atoms with Gasteiger partial charge in [0.1, 0.15) is 4.21 Å². The SMILES string of the molecule is Cc1ccccc1N(Cc1ccccc1)C(=O)NNS(=O)(=O)c1ccc(Cl)s1. The van der Waals surface area contributed by atoms with Crippen LogP contribution in [0, 0.1) is 6.92 Å². The van der Waals surface area contributed by atoms with E-state index in [2.05, 4.69) is 10.3 Å². The zero-order valence-electron chi connectivity index (χ0n) is 14.9. The lowest BCUT2D eigenvalue weighted by atomic mass is 10.1. The molecular weight excluding hydrogens is 418 g/mol. The van der Waals surface area contributed by atoms with E-state index < -0.39 is 16.1 Å². The summed E-state index contributed by atoms with van der Waals surface area (Å²) in [6.07, 6.45) is 0. The standard InChI is InChI=1S/C19H18ClN3O3S2/c1-14-7-5-6-10-16(14)23(13-15-8-3-2-4-9-15)19(24)21-22-28(25,26)18-12-11-17(20)27-18/h2-12,22H,13H2,1H3,(H,21,24). The first-order valence-corrected chi connectivity index (χ1v) is 11.0. The van der Waals surface area contributed by atoms with Gasteiger partial charge < -0.3 is 0 Å². The van der Waals surface area contributed by atoms with Crippen molar-refractivity contribution in [2.75, 3.05) is 4.90 Å². The summed E-state index contributed by atoms with van der Waals surface area (Å²) in [6, 6.07) is 19.1. The van der Waals surface area contributed by atoms with Crippen molar-refractivity contribution >= 4 is 44.7 Å². The fraction of sp³-hybridized carbons (Fsp3) is 0.105. The molecule has 0 aliphatic carbocycles. The van der Waals surface area contributed by atoms with E-state index in [1.807, 2.05) is 61.5 Å². The molecule has 146 valence electrons. The lowest BCUT2D eigenvalue weighted by Gasteiger charge is -2.25. The number of hydrogen-bond acceptors (Lipinski definition) is 4. The number of hydrogen-bond donors (Lipinski definition) is 2. The molecule has 6 nitrogen and oxygen atoms in total. The summed E-state index contributed by atoms with van der Waals surface area (Å²) >= 11 is 6.70. The number of carbonyl (C=O) groups is 1. The molecule has 1 aromatic heterocycles. The molecule has 0 saturated carbocycles. The molecule has 3 aromatic rings. The minimum absolute atomic E-state index is 0.0169. The first-order chi connectivity index (χ1) is 13.4. The number of aryl methyl sites for hydroxylation is 1. The minimum atomic E-state index is -3.91. The van der Waals surface area contributed by atoms with Gasteiger partial charge in [0, 0.05) is 5.69 Å². The Labute approximate surface area is 172 Å². The zero-order valence-corrected chi connectivity index (χ0v) is 17.3. The smallest absolute Gasteiger partial charge is 0.289 e. The summed E-state index contributed by atoms with van der Waals surface area (Å²) < 4.78 is 25.0. The fourth-order valence-electron chi connectivity index (χ4n) is 2.57. The number of anilines is 1. The van der Waals surface area contributed by atoms with Crippen molar-refractivity contribution in [3.63, 3.8) is 0 Å². The molecule has 0 atom stereocenters. The van der Waals surface area contributed by atoms with Crippen molar-refractivity contribution in [1.82, 2.24) is 10.3 Å². The number of benzene rings is 2. The number of urea groups is 1. The number of amides is 2. The summed E-state index contributed by atoms with van der Waals surface area (Å²) in [5, 5.41) is 0. The maximum atomic E-state index is 12.8. The quantitative estimate of drug-likeness (QED) is 0.566. The van der Waals surface area contributed by atoms with Crippen molar-refractivity contribution in [3.8, 4) is 0 Å². The van der Waals surface area contributed by atoms with Crippen molar-refractivity contribution < 1.29 is 13.2 Å². The zero-order chi connectivity index (χ0) is 20.1. The van der Waals surface area contributed by atoms with Gasteiger partial charge in [0.15, 0.2) is 0 Å². The predicted octanol–water partition coefficient (Wildman–Crippen LogP) is 4.32. The Morgan fingerprint density at radius 1 is 1.04 bits per heavy atom. The first-order valence-electron chi connectivity index (χ1n) is 8.31. The molecule has 0 aliphatic rings. The highest BCUT2D eigenvalue weighted by Gasteiger charge is 2.22. The molecule has 9 heteroatoms. The van der Waals surface area contributed by atoms with Crippen LogP contribution >= 0.6 is 22.9 Å². The maximum absolute atomic E-state index is 12.8. The van der Waals surface area contributed by atoms with Crippen LogP contribution in [0.25, 0.3) is 0 Å². The van der Waals surface area contributed by atoms with E-state index in [4.69, 9.17) is 11.6 Å². The fourth-order valence-corrected chi connectivity index (χ4v) is 4.89. The van der Waals surface area contributed by atoms with E-state index in [0.717, 1.165) is 22.5 Å². The predicted molar refractivity (Wildman–Crippen MR) is 112 cm³/mol. The van der Waals surface area contributed by atoms with E-state index in [0.29, 0.717) is 10.0 Å². The number of halogens is 1. The number of nitrogens with one attached hydrogen (secondary N) is 2. The summed E-state index contributed by atoms with van der Waals surface area (Å²) in [5.41, 5.74) is 4.77. The molecule has 0 spiro atoms. The summed E-state index contributed by atoms with van der Waals surface area (Å²) in [5.74, 6) is 0. The number of nitrogens with zero attached hydrogens (tertiary/aromatic N) is 1. The average molecular weight is 436 g/mol. The van der Waals surface area contributed by atoms with Gasteiger partial charge in [-0.1, -0.05) is 60.1 Å². The monoisotopic (exact) mass is 435 g/mol. The van der Waals surface area contributed by atoms with Crippen molar-refractivity contribution in [3.05, 3.63) is 82.2 Å². The molecule has 1 heterocycles. The van der Waals surface area contributed by atoms with Gasteiger partial charge in [0.05, 0.1) is 10.9 Å². The van der Waals surface area contributed by atoms with Gasteiger partial charge in [-0.2, -0.15) is 0 Å². The number of carbonyl (C=O) groups excluding carboxylic acids is 1. The van der Waals surface area contributed by atoms with Crippen LogP contribution in [0.3, 0.4) is 0 Å². The van der Waals surface area contributed by atoms with Crippen LogP contribution in [0.5, 0.6) is 0 Å². The molecule has 0 aliphatic heterocycles. The highest BCUT2D eigenvalue weighted by molar-refractivity contribution is 7.91. The number of sulfonamides is 1. The lowest BCUT2D eigenvalue weighted by Crippen LogP contribution is -2.48. The van der Waals surface area contributed by atoms with Crippen LogP contribution in [0.4, 0.5) is 10.5 Å². The third kappa shape index (κ3) is 4.90. The Balaban J connectivity index is 1.81. The Kier molecular flexibility index (Phi) is 6.35. The topological polar surface area (TPSA) is 78.5 Å². The first kappa shape index (κ1) is 20.3. The molecule has 0 radical (unpaired) electrons. The van der Waals surface area contributed by atoms with Crippen LogP contribution in [-0.2, 0) is 16.6 Å². The van der Waals surface area contributed by atoms with Gasteiger partial charge in [-0.15, -0.1) is 16.2 Å². The molecule has 0 bridgehead atoms. The van der Waals surface area contributed by atoms with Gasteiger partial charge in [0.2, 0.25) is 0 Å². The number of thiophene rings is 1. The maximum Gasteiger partial charge on any atom is 0.337 e. The van der Waals surface area contributed by atoms with Gasteiger partial charge in [-0.25, -0.2) is 13.2 Å². The number of hydrazine groups is 1. The van der Waals surface area contributed by atoms with E-state index in [9.17, 15) is 13.2 Å². The summed E-state index contributed by atoms with van der Waals surface area (Å²) in [4.78, 5) is 16.5. The normalized spacial score (nSPS) is 11.2. The van der Waals surface area contributed by atoms with Crippen LogP contribution in [0.1, 0.15) is 11.1 Å². The van der Waals surface area contributed by atoms with Crippen LogP contribution in [0.2, 0.25) is 4.34 Å². The van der Waals surface area contributed by atoms with Gasteiger partial charge in [0.25, 0.3) is 10.0 Å². The van der Waals surface area contributed by atoms with Gasteiger partial charge in [-0.05, 0) is 36.2 Å². The Bertz CT molecular complexity index is 1070. The van der Waals surface area contributed by atoms with Crippen molar-refractivity contribution in [2.45, 2.75) is 17.7 Å². The highest BCUT2D eigenvalue weighted by Crippen LogP contribution is 2.25. The second-order valence-electron chi connectivity index (χ2n) is 5.95. The Morgan fingerprint density at radius 3 is 2.36 bits per heavy atom. The van der Waals surface area contributed by atoms with Crippen LogP contribution < -0.4 is 15.2 Å². The molecule has 2 N–H and O–H groups in total. The Hall–Kier alpha value is -2.39. The molecule has 2 amide bonds. The summed E-state index contributed by atoms with van der Waals surface area (Å²) in [7, 11) is -3.91. The molecule has 0 fully saturated rings. The molecular formula is C19H18ClN3O3S2. The van der Waals surface area contributed by atoms with E-state index in [-0.39, 0.29) is 10.8 Å². The number of rotatable bonds is 6. The van der Waals surface area contributed by atoms with E-state index in [1.54, 1.807) is 0 Å². The highest BCUT2D eigenvalue weighted by atomic mass is 35.5. The van der Waals surface area contributed by atoms with Crippen LogP contribution in [0.15, 0.2) is 70.9 Å². The summed E-state index contributed by atoms with van der Waals surface area (Å²) in [6.45, 7) is 2.17. The average Bonchev–Trinajstić information content (AvgIpc) is 3.13. The third-order valence-corrected chi connectivity index (χ3v) is 6.91. The second-order valence-corrected chi connectivity index (χ2v) is 9.58. The third-order valence-electron chi connectivity index (χ3n) is 3.94. The second kappa shape index (κ2) is 8.74. The van der Waals surface area contributed by atoms with Crippen molar-refractivity contribution in [2.24, 2.45) is 0 Å². The van der Waals surface area contributed by atoms with Crippen molar-refractivity contribution in [1.29, 1.82) is 0 Å². The van der Waals surface area contributed by atoms with E-state index in [1.165, 1.54) is 17.0 Å².